The molecule has 7 heteroatoms. The van der Waals surface area contributed by atoms with Crippen LogP contribution in [0.1, 0.15) is 28.6 Å². The van der Waals surface area contributed by atoms with Crippen molar-refractivity contribution < 1.29 is 19.1 Å². The minimum Gasteiger partial charge on any atom is -0.550 e. The number of hydrogen-bond acceptors (Lipinski definition) is 4. The summed E-state index contributed by atoms with van der Waals surface area (Å²) in [6, 6.07) is 6.76. The standard InChI is InChI=1S/C14H11Cl2NO4/c15-8-3-4-9(10(16)6-8)11(7-13(18)19)17-14(20)12-2-1-5-21-12/h1-6,11H,7H2,(H,17,20)(H,18,19)/p-1/t11-/m0/s1. The van der Waals surface area contributed by atoms with Gasteiger partial charge >= 0.3 is 0 Å². The second-order valence-corrected chi connectivity index (χ2v) is 5.09. The van der Waals surface area contributed by atoms with Crippen molar-refractivity contribution in [2.45, 2.75) is 12.5 Å². The van der Waals surface area contributed by atoms with Gasteiger partial charge in [-0.1, -0.05) is 29.3 Å². The van der Waals surface area contributed by atoms with E-state index in [1.807, 2.05) is 0 Å². The van der Waals surface area contributed by atoms with Gasteiger partial charge in [0.2, 0.25) is 0 Å². The number of carbonyl (C=O) groups is 2. The summed E-state index contributed by atoms with van der Waals surface area (Å²) >= 11 is 11.8. The quantitative estimate of drug-likeness (QED) is 0.913. The van der Waals surface area contributed by atoms with Gasteiger partial charge in [-0.25, -0.2) is 0 Å². The predicted octanol–water partition coefficient (Wildman–Crippen LogP) is 2.20. The molecule has 1 atom stereocenters. The van der Waals surface area contributed by atoms with Crippen molar-refractivity contribution in [1.82, 2.24) is 5.32 Å². The van der Waals surface area contributed by atoms with E-state index in [4.69, 9.17) is 27.6 Å². The molecule has 1 aromatic heterocycles. The van der Waals surface area contributed by atoms with Crippen LogP contribution in [0, 0.1) is 0 Å². The monoisotopic (exact) mass is 326 g/mol. The first kappa shape index (κ1) is 15.4. The van der Waals surface area contributed by atoms with Gasteiger partial charge in [-0.3, -0.25) is 4.79 Å². The highest BCUT2D eigenvalue weighted by Crippen LogP contribution is 2.28. The number of carboxylic acids is 1. The summed E-state index contributed by atoms with van der Waals surface area (Å²) in [5, 5.41) is 14.1. The van der Waals surface area contributed by atoms with Gasteiger partial charge in [0.1, 0.15) is 0 Å². The van der Waals surface area contributed by atoms with Gasteiger partial charge in [0.15, 0.2) is 5.76 Å². The Kier molecular flexibility index (Phi) is 4.88. The first-order chi connectivity index (χ1) is 9.97. The first-order valence-electron chi connectivity index (χ1n) is 5.96. The van der Waals surface area contributed by atoms with Gasteiger partial charge in [-0.2, -0.15) is 0 Å². The summed E-state index contributed by atoms with van der Waals surface area (Å²) in [6.07, 6.45) is 0.922. The van der Waals surface area contributed by atoms with Crippen molar-refractivity contribution >= 4 is 35.1 Å². The molecule has 5 nitrogen and oxygen atoms in total. The molecule has 2 rings (SSSR count). The highest BCUT2D eigenvalue weighted by Gasteiger charge is 2.20. The van der Waals surface area contributed by atoms with E-state index in [0.717, 1.165) is 0 Å². The third kappa shape index (κ3) is 4.00. The van der Waals surface area contributed by atoms with Crippen LogP contribution < -0.4 is 10.4 Å². The number of carboxylic acid groups (broad SMARTS) is 1. The zero-order valence-corrected chi connectivity index (χ0v) is 12.1. The van der Waals surface area contributed by atoms with Crippen LogP contribution >= 0.6 is 23.2 Å². The van der Waals surface area contributed by atoms with Crippen molar-refractivity contribution in [2.75, 3.05) is 0 Å². The molecule has 0 saturated heterocycles. The van der Waals surface area contributed by atoms with Crippen molar-refractivity contribution in [1.29, 1.82) is 0 Å². The van der Waals surface area contributed by atoms with Crippen molar-refractivity contribution in [2.24, 2.45) is 0 Å². The predicted molar refractivity (Wildman–Crippen MR) is 75.0 cm³/mol. The number of benzene rings is 1. The number of nitrogens with one attached hydrogen (secondary N) is 1. The van der Waals surface area contributed by atoms with E-state index in [1.165, 1.54) is 18.4 Å². The Balaban J connectivity index is 2.25. The number of carbonyl (C=O) groups excluding carboxylic acids is 2. The molecule has 21 heavy (non-hydrogen) atoms. The van der Waals surface area contributed by atoms with Gasteiger partial charge in [-0.15, -0.1) is 0 Å². The lowest BCUT2D eigenvalue weighted by Gasteiger charge is -2.20. The van der Waals surface area contributed by atoms with E-state index in [9.17, 15) is 14.7 Å². The molecule has 0 radical (unpaired) electrons. The maximum atomic E-state index is 12.0. The number of amides is 1. The van der Waals surface area contributed by atoms with Crippen LogP contribution in [0.5, 0.6) is 0 Å². The summed E-state index contributed by atoms with van der Waals surface area (Å²) in [4.78, 5) is 22.8. The van der Waals surface area contributed by atoms with E-state index >= 15 is 0 Å². The second kappa shape index (κ2) is 6.65. The number of hydrogen-bond donors (Lipinski definition) is 1. The molecule has 0 bridgehead atoms. The topological polar surface area (TPSA) is 82.4 Å². The van der Waals surface area contributed by atoms with Crippen LogP contribution in [0.15, 0.2) is 41.0 Å². The number of halogens is 2. The fourth-order valence-corrected chi connectivity index (χ4v) is 2.37. The normalized spacial score (nSPS) is 11.9. The summed E-state index contributed by atoms with van der Waals surface area (Å²) in [5.74, 6) is -1.79. The van der Waals surface area contributed by atoms with E-state index in [0.29, 0.717) is 10.6 Å². The number of furan rings is 1. The molecule has 0 saturated carbocycles. The number of rotatable bonds is 5. The fraction of sp³-hybridized carbons (Fsp3) is 0.143. The van der Waals surface area contributed by atoms with E-state index in [-0.39, 0.29) is 10.8 Å². The molecule has 2 aromatic rings. The lowest BCUT2D eigenvalue weighted by atomic mass is 10.0. The van der Waals surface area contributed by atoms with Crippen LogP contribution in [0.4, 0.5) is 0 Å². The Morgan fingerprint density at radius 2 is 2.05 bits per heavy atom. The molecular formula is C14H10Cl2NO4-. The molecule has 1 N–H and O–H groups in total. The minimum absolute atomic E-state index is 0.0726. The molecule has 1 aromatic carbocycles. The summed E-state index contributed by atoms with van der Waals surface area (Å²) in [5.41, 5.74) is 0.435. The largest absolute Gasteiger partial charge is 0.550 e. The Morgan fingerprint density at radius 3 is 2.62 bits per heavy atom. The minimum atomic E-state index is -1.31. The molecule has 1 heterocycles. The molecule has 0 aliphatic rings. The zero-order chi connectivity index (χ0) is 15.4. The lowest BCUT2D eigenvalue weighted by molar-refractivity contribution is -0.306. The number of aliphatic carboxylic acids is 1. The molecule has 110 valence electrons. The fourth-order valence-electron chi connectivity index (χ4n) is 1.83. The Morgan fingerprint density at radius 1 is 1.29 bits per heavy atom. The average Bonchev–Trinajstić information content (AvgIpc) is 2.91. The lowest BCUT2D eigenvalue weighted by Crippen LogP contribution is -2.34. The Hall–Kier alpha value is -1.98. The summed E-state index contributed by atoms with van der Waals surface area (Å²) in [7, 11) is 0. The van der Waals surface area contributed by atoms with Gasteiger partial charge < -0.3 is 19.6 Å². The Labute approximate surface area is 130 Å². The van der Waals surface area contributed by atoms with E-state index < -0.39 is 24.3 Å². The summed E-state index contributed by atoms with van der Waals surface area (Å²) in [6.45, 7) is 0. The maximum absolute atomic E-state index is 12.0. The van der Waals surface area contributed by atoms with Crippen LogP contribution in [-0.4, -0.2) is 11.9 Å². The van der Waals surface area contributed by atoms with Crippen molar-refractivity contribution in [3.05, 3.63) is 58.0 Å². The Bertz CT molecular complexity index is 655. The molecular weight excluding hydrogens is 317 g/mol. The van der Waals surface area contributed by atoms with E-state index in [2.05, 4.69) is 5.32 Å². The van der Waals surface area contributed by atoms with Gasteiger partial charge in [0.25, 0.3) is 5.91 Å². The molecule has 0 aliphatic carbocycles. The second-order valence-electron chi connectivity index (χ2n) is 4.25. The smallest absolute Gasteiger partial charge is 0.287 e. The molecule has 0 unspecified atom stereocenters. The van der Waals surface area contributed by atoms with Gasteiger partial charge in [0.05, 0.1) is 12.3 Å². The molecule has 1 amide bonds. The maximum Gasteiger partial charge on any atom is 0.287 e. The molecule has 0 spiro atoms. The van der Waals surface area contributed by atoms with Gasteiger partial charge in [0, 0.05) is 22.4 Å². The van der Waals surface area contributed by atoms with Crippen molar-refractivity contribution in [3.8, 4) is 0 Å². The first-order valence-corrected chi connectivity index (χ1v) is 6.72. The van der Waals surface area contributed by atoms with Crippen LogP contribution in [0.2, 0.25) is 10.0 Å². The van der Waals surface area contributed by atoms with Crippen LogP contribution in [0.3, 0.4) is 0 Å². The highest BCUT2D eigenvalue weighted by atomic mass is 35.5. The summed E-state index contributed by atoms with van der Waals surface area (Å²) < 4.78 is 4.96. The third-order valence-electron chi connectivity index (χ3n) is 2.76. The van der Waals surface area contributed by atoms with Crippen LogP contribution in [0.25, 0.3) is 0 Å². The molecule has 0 fully saturated rings. The SMILES string of the molecule is O=C([O-])C[C@H](NC(=O)c1ccco1)c1ccc(Cl)cc1Cl. The zero-order valence-electron chi connectivity index (χ0n) is 10.6. The van der Waals surface area contributed by atoms with Gasteiger partial charge in [-0.05, 0) is 29.8 Å². The average molecular weight is 327 g/mol. The highest BCUT2D eigenvalue weighted by molar-refractivity contribution is 6.35. The van der Waals surface area contributed by atoms with E-state index in [1.54, 1.807) is 18.2 Å². The third-order valence-corrected chi connectivity index (χ3v) is 3.32. The molecule has 0 aliphatic heterocycles. The van der Waals surface area contributed by atoms with Crippen LogP contribution in [-0.2, 0) is 4.79 Å². The van der Waals surface area contributed by atoms with Crippen molar-refractivity contribution in [3.63, 3.8) is 0 Å².